The first-order valence-electron chi connectivity index (χ1n) is 5.91. The van der Waals surface area contributed by atoms with Gasteiger partial charge in [-0.2, -0.15) is 0 Å². The van der Waals surface area contributed by atoms with Gasteiger partial charge in [-0.15, -0.1) is 11.3 Å². The van der Waals surface area contributed by atoms with E-state index in [9.17, 15) is 9.59 Å². The molecule has 2 N–H and O–H groups in total. The summed E-state index contributed by atoms with van der Waals surface area (Å²) in [6, 6.07) is -0.291. The maximum Gasteiger partial charge on any atom is 0.355 e. The minimum Gasteiger partial charge on any atom is -0.476 e. The number of hydrogen-bond donors (Lipinski definition) is 2. The Kier molecular flexibility index (Phi) is 5.91. The van der Waals surface area contributed by atoms with Gasteiger partial charge in [0.15, 0.2) is 5.69 Å². The SMILES string of the molecule is COCC(C)CC(=O)NC(C)c1nc(C(=O)O)cs1. The fourth-order valence-corrected chi connectivity index (χ4v) is 2.41. The molecule has 6 nitrogen and oxygen atoms in total. The summed E-state index contributed by atoms with van der Waals surface area (Å²) in [5.41, 5.74) is 0.00819. The average Bonchev–Trinajstić information content (AvgIpc) is 2.77. The zero-order valence-corrected chi connectivity index (χ0v) is 12.0. The Morgan fingerprint density at radius 1 is 1.53 bits per heavy atom. The van der Waals surface area contributed by atoms with Gasteiger partial charge in [-0.25, -0.2) is 9.78 Å². The Balaban J connectivity index is 2.51. The first-order valence-corrected chi connectivity index (χ1v) is 6.79. The van der Waals surface area contributed by atoms with Gasteiger partial charge in [-0.05, 0) is 12.8 Å². The standard InChI is InChI=1S/C12H18N2O4S/c1-7(5-18-3)4-10(15)13-8(2)11-14-9(6-19-11)12(16)17/h6-8H,4-5H2,1-3H3,(H,13,15)(H,16,17). The second-order valence-corrected chi connectivity index (χ2v) is 5.32. The third-order valence-electron chi connectivity index (χ3n) is 2.47. The number of nitrogens with zero attached hydrogens (tertiary/aromatic N) is 1. The summed E-state index contributed by atoms with van der Waals surface area (Å²) in [6.45, 7) is 4.24. The molecule has 1 amide bonds. The molecule has 1 rings (SSSR count). The molecule has 0 saturated carbocycles. The smallest absolute Gasteiger partial charge is 0.355 e. The highest BCUT2D eigenvalue weighted by Crippen LogP contribution is 2.18. The van der Waals surface area contributed by atoms with Crippen molar-refractivity contribution in [3.63, 3.8) is 0 Å². The number of carbonyl (C=O) groups excluding carboxylic acids is 1. The number of methoxy groups -OCH3 is 1. The number of aromatic carboxylic acids is 1. The van der Waals surface area contributed by atoms with Gasteiger partial charge in [0.1, 0.15) is 5.01 Å². The van der Waals surface area contributed by atoms with Gasteiger partial charge in [0, 0.05) is 25.5 Å². The van der Waals surface area contributed by atoms with Crippen molar-refractivity contribution in [3.05, 3.63) is 16.1 Å². The highest BCUT2D eigenvalue weighted by Gasteiger charge is 2.17. The molecule has 0 saturated heterocycles. The van der Waals surface area contributed by atoms with Gasteiger partial charge in [-0.3, -0.25) is 4.79 Å². The quantitative estimate of drug-likeness (QED) is 0.796. The third-order valence-corrected chi connectivity index (χ3v) is 3.50. The van der Waals surface area contributed by atoms with Crippen molar-refractivity contribution in [1.29, 1.82) is 0 Å². The van der Waals surface area contributed by atoms with E-state index >= 15 is 0 Å². The molecule has 2 unspecified atom stereocenters. The maximum absolute atomic E-state index is 11.7. The fraction of sp³-hybridized carbons (Fsp3) is 0.583. The molecule has 0 radical (unpaired) electrons. The van der Waals surface area contributed by atoms with Crippen molar-refractivity contribution in [2.24, 2.45) is 5.92 Å². The number of aromatic nitrogens is 1. The van der Waals surface area contributed by atoms with Crippen LogP contribution < -0.4 is 5.32 Å². The molecule has 1 aromatic rings. The van der Waals surface area contributed by atoms with Gasteiger partial charge < -0.3 is 15.2 Å². The summed E-state index contributed by atoms with van der Waals surface area (Å²) in [5.74, 6) is -1.01. The predicted molar refractivity (Wildman–Crippen MR) is 71.3 cm³/mol. The molecule has 0 aliphatic heterocycles. The average molecular weight is 286 g/mol. The van der Waals surface area contributed by atoms with Crippen LogP contribution in [0.4, 0.5) is 0 Å². The molecule has 19 heavy (non-hydrogen) atoms. The highest BCUT2D eigenvalue weighted by molar-refractivity contribution is 7.09. The molecular weight excluding hydrogens is 268 g/mol. The second-order valence-electron chi connectivity index (χ2n) is 4.43. The van der Waals surface area contributed by atoms with Gasteiger partial charge in [0.25, 0.3) is 0 Å². The molecule has 0 fully saturated rings. The molecule has 0 aliphatic carbocycles. The Hall–Kier alpha value is -1.47. The monoisotopic (exact) mass is 286 g/mol. The van der Waals surface area contributed by atoms with E-state index in [1.165, 1.54) is 16.7 Å². The van der Waals surface area contributed by atoms with E-state index in [1.807, 2.05) is 6.92 Å². The minimum atomic E-state index is -1.06. The molecular formula is C12H18N2O4S. The van der Waals surface area contributed by atoms with Gasteiger partial charge in [0.2, 0.25) is 5.91 Å². The Morgan fingerprint density at radius 3 is 2.74 bits per heavy atom. The van der Waals surface area contributed by atoms with E-state index in [-0.39, 0.29) is 23.6 Å². The van der Waals surface area contributed by atoms with Crippen molar-refractivity contribution in [2.45, 2.75) is 26.3 Å². The lowest BCUT2D eigenvalue weighted by Gasteiger charge is -2.14. The fourth-order valence-electron chi connectivity index (χ4n) is 1.61. The van der Waals surface area contributed by atoms with Crippen molar-refractivity contribution in [2.75, 3.05) is 13.7 Å². The summed E-state index contributed by atoms with van der Waals surface area (Å²) < 4.78 is 4.97. The van der Waals surface area contributed by atoms with Gasteiger partial charge in [0.05, 0.1) is 6.04 Å². The van der Waals surface area contributed by atoms with E-state index in [2.05, 4.69) is 10.3 Å². The third kappa shape index (κ3) is 4.96. The zero-order chi connectivity index (χ0) is 14.4. The predicted octanol–water partition coefficient (Wildman–Crippen LogP) is 1.69. The largest absolute Gasteiger partial charge is 0.476 e. The van der Waals surface area contributed by atoms with Crippen LogP contribution in [0.1, 0.15) is 41.8 Å². The molecule has 2 atom stereocenters. The highest BCUT2D eigenvalue weighted by atomic mass is 32.1. The summed E-state index contributed by atoms with van der Waals surface area (Å²) in [4.78, 5) is 26.4. The molecule has 0 spiro atoms. The first-order chi connectivity index (χ1) is 8.93. The van der Waals surface area contributed by atoms with E-state index in [1.54, 1.807) is 14.0 Å². The number of carboxylic acid groups (broad SMARTS) is 1. The number of thiazole rings is 1. The van der Waals surface area contributed by atoms with Crippen LogP contribution in [-0.4, -0.2) is 35.7 Å². The Bertz CT molecular complexity index is 447. The van der Waals surface area contributed by atoms with E-state index in [0.29, 0.717) is 18.0 Å². The number of ether oxygens (including phenoxy) is 1. The second kappa shape index (κ2) is 7.20. The number of nitrogens with one attached hydrogen (secondary N) is 1. The number of amides is 1. The number of hydrogen-bond acceptors (Lipinski definition) is 5. The van der Waals surface area contributed by atoms with Crippen molar-refractivity contribution < 1.29 is 19.4 Å². The van der Waals surface area contributed by atoms with Crippen LogP contribution in [0.15, 0.2) is 5.38 Å². The zero-order valence-electron chi connectivity index (χ0n) is 11.2. The van der Waals surface area contributed by atoms with E-state index in [0.717, 1.165) is 0 Å². The van der Waals surface area contributed by atoms with Crippen LogP contribution in [0, 0.1) is 5.92 Å². The minimum absolute atomic E-state index is 0.00819. The lowest BCUT2D eigenvalue weighted by atomic mass is 10.1. The van der Waals surface area contributed by atoms with Crippen LogP contribution in [-0.2, 0) is 9.53 Å². The summed E-state index contributed by atoms with van der Waals surface area (Å²) in [5, 5.41) is 13.6. The van der Waals surface area contributed by atoms with E-state index < -0.39 is 5.97 Å². The van der Waals surface area contributed by atoms with Crippen molar-refractivity contribution >= 4 is 23.2 Å². The molecule has 106 valence electrons. The van der Waals surface area contributed by atoms with E-state index in [4.69, 9.17) is 9.84 Å². The summed E-state index contributed by atoms with van der Waals surface area (Å²) in [7, 11) is 1.60. The topological polar surface area (TPSA) is 88.5 Å². The van der Waals surface area contributed by atoms with Crippen LogP contribution >= 0.6 is 11.3 Å². The first kappa shape index (κ1) is 15.6. The molecule has 0 aliphatic rings. The molecule has 1 aromatic heterocycles. The maximum atomic E-state index is 11.7. The van der Waals surface area contributed by atoms with Crippen molar-refractivity contribution in [3.8, 4) is 0 Å². The van der Waals surface area contributed by atoms with Crippen LogP contribution in [0.2, 0.25) is 0 Å². The molecule has 1 heterocycles. The summed E-state index contributed by atoms with van der Waals surface area (Å²) >= 11 is 1.23. The molecule has 7 heteroatoms. The normalized spacial score (nSPS) is 13.8. The lowest BCUT2D eigenvalue weighted by Crippen LogP contribution is -2.28. The van der Waals surface area contributed by atoms with Crippen molar-refractivity contribution in [1.82, 2.24) is 10.3 Å². The van der Waals surface area contributed by atoms with Gasteiger partial charge in [-0.1, -0.05) is 6.92 Å². The molecule has 0 aromatic carbocycles. The number of rotatable bonds is 7. The lowest BCUT2D eigenvalue weighted by molar-refractivity contribution is -0.122. The van der Waals surface area contributed by atoms with Crippen LogP contribution in [0.5, 0.6) is 0 Å². The number of carboxylic acids is 1. The van der Waals surface area contributed by atoms with Crippen LogP contribution in [0.25, 0.3) is 0 Å². The van der Waals surface area contributed by atoms with Crippen LogP contribution in [0.3, 0.4) is 0 Å². The summed E-state index contributed by atoms with van der Waals surface area (Å²) in [6.07, 6.45) is 0.370. The molecule has 0 bridgehead atoms. The van der Waals surface area contributed by atoms with Gasteiger partial charge >= 0.3 is 5.97 Å². The Labute approximate surface area is 115 Å². The number of carbonyl (C=O) groups is 2. The Morgan fingerprint density at radius 2 is 2.21 bits per heavy atom.